The molecule has 0 saturated carbocycles. The van der Waals surface area contributed by atoms with Crippen LogP contribution in [0.1, 0.15) is 43.7 Å². The number of aromatic amines is 1. The number of imidazole rings is 1. The molecule has 1 aliphatic heterocycles. The molecular formula is C29H27ClF2N6O4. The van der Waals surface area contributed by atoms with E-state index in [1.807, 2.05) is 6.92 Å². The van der Waals surface area contributed by atoms with Crippen molar-refractivity contribution in [3.8, 4) is 22.5 Å². The Kier molecular flexibility index (Phi) is 8.08. The van der Waals surface area contributed by atoms with Crippen LogP contribution in [0.15, 0.2) is 47.5 Å². The molecule has 3 heterocycles. The predicted molar refractivity (Wildman–Crippen MR) is 153 cm³/mol. The molecule has 2 aromatic carbocycles. The van der Waals surface area contributed by atoms with E-state index >= 15 is 0 Å². The van der Waals surface area contributed by atoms with Gasteiger partial charge < -0.3 is 15.0 Å². The number of anilines is 2. The van der Waals surface area contributed by atoms with E-state index in [1.54, 1.807) is 25.1 Å². The average Bonchev–Trinajstić information content (AvgIpc) is 3.34. The van der Waals surface area contributed by atoms with Crippen molar-refractivity contribution in [1.29, 1.82) is 0 Å². The van der Waals surface area contributed by atoms with Gasteiger partial charge in [0.15, 0.2) is 5.82 Å². The quantitative estimate of drug-likeness (QED) is 0.246. The van der Waals surface area contributed by atoms with E-state index in [0.717, 1.165) is 18.2 Å². The maximum absolute atomic E-state index is 14.6. The van der Waals surface area contributed by atoms with Gasteiger partial charge in [-0.05, 0) is 50.1 Å². The number of halogens is 3. The Labute approximate surface area is 244 Å². The number of fused-ring (bicyclic) bond motifs is 4. The van der Waals surface area contributed by atoms with E-state index in [1.165, 1.54) is 18.0 Å². The largest absolute Gasteiger partial charge is 0.453 e. The summed E-state index contributed by atoms with van der Waals surface area (Å²) < 4.78 is 35.1. The zero-order valence-electron chi connectivity index (χ0n) is 22.9. The minimum absolute atomic E-state index is 0.186. The molecule has 5 rings (SSSR count). The van der Waals surface area contributed by atoms with Gasteiger partial charge in [0.2, 0.25) is 5.91 Å². The first kappa shape index (κ1) is 28.9. The third kappa shape index (κ3) is 5.62. The number of H-pyrrole nitrogens is 1. The average molecular weight is 597 g/mol. The van der Waals surface area contributed by atoms with Gasteiger partial charge in [-0.1, -0.05) is 24.9 Å². The van der Waals surface area contributed by atoms with Crippen molar-refractivity contribution in [1.82, 2.24) is 19.5 Å². The molecule has 4 aromatic rings. The number of benzene rings is 2. The fourth-order valence-corrected chi connectivity index (χ4v) is 5.12. The lowest BCUT2D eigenvalue weighted by atomic mass is 9.99. The summed E-state index contributed by atoms with van der Waals surface area (Å²) in [6.45, 7) is 3.62. The SMILES string of the molecule is COC(=O)Nc1ccc2c(c1)NC(=O)C(C)CCCC(n1cnc(-c3c(F)ccc(Cl)c3F)cc1=O)c1nc-2c(C)[nH]1. The lowest BCUT2D eigenvalue weighted by molar-refractivity contribution is -0.119. The number of nitrogens with zero attached hydrogens (tertiary/aromatic N) is 3. The Morgan fingerprint density at radius 3 is 2.69 bits per heavy atom. The summed E-state index contributed by atoms with van der Waals surface area (Å²) in [5.41, 5.74) is 1.43. The first-order valence-electron chi connectivity index (χ1n) is 13.2. The molecule has 3 N–H and O–H groups in total. The first-order chi connectivity index (χ1) is 20.1. The fourth-order valence-electron chi connectivity index (χ4n) is 4.96. The summed E-state index contributed by atoms with van der Waals surface area (Å²) in [4.78, 5) is 50.5. The summed E-state index contributed by atoms with van der Waals surface area (Å²) >= 11 is 5.83. The molecule has 1 aliphatic rings. The standard InChI is InChI=1S/C29H27ClF2N6O4/c1-14-5-4-6-22(38-13-33-21(12-23(38)39)24-19(31)10-9-18(30)25(24)32)27-34-15(2)26(37-27)17-8-7-16(35-29(41)42-3)11-20(17)36-28(14)40/h7-14,22H,4-6H2,1-3H3,(H,34,37)(H,35,41)(H,36,40). The van der Waals surface area contributed by atoms with Crippen molar-refractivity contribution in [3.05, 3.63) is 81.3 Å². The van der Waals surface area contributed by atoms with Gasteiger partial charge in [0.25, 0.3) is 5.56 Å². The molecular weight excluding hydrogens is 570 g/mol. The van der Waals surface area contributed by atoms with Gasteiger partial charge in [0.1, 0.15) is 11.6 Å². The molecule has 0 radical (unpaired) electrons. The lowest BCUT2D eigenvalue weighted by Gasteiger charge is -2.20. The number of amides is 2. The maximum atomic E-state index is 14.6. The Morgan fingerprint density at radius 1 is 1.17 bits per heavy atom. The lowest BCUT2D eigenvalue weighted by Crippen LogP contribution is -2.27. The minimum Gasteiger partial charge on any atom is -0.453 e. The first-order valence-corrected chi connectivity index (χ1v) is 13.5. The summed E-state index contributed by atoms with van der Waals surface area (Å²) in [5.74, 6) is -2.01. The third-order valence-electron chi connectivity index (χ3n) is 7.22. The van der Waals surface area contributed by atoms with Gasteiger partial charge in [-0.15, -0.1) is 0 Å². The van der Waals surface area contributed by atoms with Gasteiger partial charge >= 0.3 is 6.09 Å². The van der Waals surface area contributed by atoms with E-state index < -0.39 is 34.9 Å². The highest BCUT2D eigenvalue weighted by Gasteiger charge is 2.26. The summed E-state index contributed by atoms with van der Waals surface area (Å²) in [7, 11) is 1.25. The Morgan fingerprint density at radius 2 is 1.95 bits per heavy atom. The predicted octanol–water partition coefficient (Wildman–Crippen LogP) is 6.07. The van der Waals surface area contributed by atoms with Crippen molar-refractivity contribution in [3.63, 3.8) is 0 Å². The van der Waals surface area contributed by atoms with Crippen LogP contribution >= 0.6 is 11.6 Å². The summed E-state index contributed by atoms with van der Waals surface area (Å²) in [6, 6.07) is 7.55. The van der Waals surface area contributed by atoms with Gasteiger partial charge in [-0.25, -0.2) is 23.5 Å². The molecule has 0 spiro atoms. The molecule has 218 valence electrons. The number of hydrogen-bond acceptors (Lipinski definition) is 6. The number of nitrogens with one attached hydrogen (secondary N) is 3. The van der Waals surface area contributed by atoms with Crippen molar-refractivity contribution >= 4 is 35.0 Å². The van der Waals surface area contributed by atoms with Crippen molar-refractivity contribution in [2.24, 2.45) is 5.92 Å². The van der Waals surface area contributed by atoms with E-state index in [0.29, 0.717) is 53.4 Å². The Balaban J connectivity index is 1.59. The molecule has 2 unspecified atom stereocenters. The van der Waals surface area contributed by atoms with Gasteiger partial charge in [0, 0.05) is 28.9 Å². The molecule has 2 atom stereocenters. The van der Waals surface area contributed by atoms with Crippen LogP contribution in [0, 0.1) is 24.5 Å². The molecule has 42 heavy (non-hydrogen) atoms. The Bertz CT molecular complexity index is 1750. The highest BCUT2D eigenvalue weighted by atomic mass is 35.5. The smallest absolute Gasteiger partial charge is 0.411 e. The number of methoxy groups -OCH3 is 1. The zero-order valence-corrected chi connectivity index (χ0v) is 23.7. The van der Waals surface area contributed by atoms with Crippen LogP contribution in [0.5, 0.6) is 0 Å². The molecule has 0 aliphatic carbocycles. The molecule has 0 fully saturated rings. The molecule has 0 saturated heterocycles. The number of carbonyl (C=O) groups excluding carboxylic acids is 2. The highest BCUT2D eigenvalue weighted by molar-refractivity contribution is 6.31. The van der Waals surface area contributed by atoms with Crippen molar-refractivity contribution in [2.75, 3.05) is 17.7 Å². The summed E-state index contributed by atoms with van der Waals surface area (Å²) in [6.07, 6.45) is 2.07. The van der Waals surface area contributed by atoms with E-state index in [9.17, 15) is 23.2 Å². The van der Waals surface area contributed by atoms with Crippen LogP contribution in [0.2, 0.25) is 5.02 Å². The van der Waals surface area contributed by atoms with Gasteiger partial charge in [-0.2, -0.15) is 0 Å². The van der Waals surface area contributed by atoms with Crippen LogP contribution < -0.4 is 16.2 Å². The maximum Gasteiger partial charge on any atom is 0.411 e. The second-order valence-corrected chi connectivity index (χ2v) is 10.5. The van der Waals surface area contributed by atoms with E-state index in [2.05, 4.69) is 25.3 Å². The second-order valence-electron chi connectivity index (χ2n) is 10.0. The van der Waals surface area contributed by atoms with Crippen LogP contribution in [0.3, 0.4) is 0 Å². The van der Waals surface area contributed by atoms with E-state index in [-0.39, 0.29) is 22.5 Å². The van der Waals surface area contributed by atoms with E-state index in [4.69, 9.17) is 16.6 Å². The normalized spacial score (nSPS) is 17.0. The van der Waals surface area contributed by atoms with Crippen LogP contribution in [0.4, 0.5) is 25.0 Å². The minimum atomic E-state index is -1.01. The monoisotopic (exact) mass is 596 g/mol. The molecule has 2 amide bonds. The van der Waals surface area contributed by atoms with Crippen molar-refractivity contribution < 1.29 is 23.1 Å². The van der Waals surface area contributed by atoms with Crippen molar-refractivity contribution in [2.45, 2.75) is 39.2 Å². The number of carbonyl (C=O) groups is 2. The van der Waals surface area contributed by atoms with Crippen LogP contribution in [-0.2, 0) is 9.53 Å². The molecule has 2 aromatic heterocycles. The number of hydrogen-bond donors (Lipinski definition) is 3. The topological polar surface area (TPSA) is 131 Å². The fraction of sp³-hybridized carbons (Fsp3) is 0.276. The number of aromatic nitrogens is 4. The third-order valence-corrected chi connectivity index (χ3v) is 7.51. The molecule has 2 bridgehead atoms. The zero-order chi connectivity index (χ0) is 30.1. The number of rotatable bonds is 3. The number of ether oxygens (including phenoxy) is 1. The molecule has 13 heteroatoms. The summed E-state index contributed by atoms with van der Waals surface area (Å²) in [5, 5.41) is 5.25. The van der Waals surface area contributed by atoms with Gasteiger partial charge in [0.05, 0.1) is 47.1 Å². The second kappa shape index (κ2) is 11.7. The highest BCUT2D eigenvalue weighted by Crippen LogP contribution is 2.35. The Hall–Kier alpha value is -4.58. The number of aryl methyl sites for hydroxylation is 1. The molecule has 10 nitrogen and oxygen atoms in total. The van der Waals surface area contributed by atoms with Gasteiger partial charge in [-0.3, -0.25) is 19.5 Å². The van der Waals surface area contributed by atoms with Crippen LogP contribution in [-0.4, -0.2) is 38.6 Å². The van der Waals surface area contributed by atoms with Crippen LogP contribution in [0.25, 0.3) is 22.5 Å².